The minimum Gasteiger partial charge on any atom is -0.508 e. The molecule has 8 rings (SSSR count). The van der Waals surface area contributed by atoms with E-state index >= 15 is 0 Å². The van der Waals surface area contributed by atoms with Crippen molar-refractivity contribution in [1.29, 1.82) is 0 Å². The Morgan fingerprint density at radius 3 is 1.37 bits per heavy atom. The van der Waals surface area contributed by atoms with Gasteiger partial charge in [0.15, 0.2) is 0 Å². The third kappa shape index (κ3) is 37.3. The Balaban J connectivity index is 0.000000347. The van der Waals surface area contributed by atoms with Gasteiger partial charge < -0.3 is 90.7 Å². The van der Waals surface area contributed by atoms with Gasteiger partial charge in [-0.25, -0.2) is 20.8 Å². The smallest absolute Gasteiger partial charge is 0.340 e. The summed E-state index contributed by atoms with van der Waals surface area (Å²) in [7, 11) is -3.35. The normalized spacial score (nSPS) is 26.2. The monoisotopic (exact) mass is 1870 g/mol. The summed E-state index contributed by atoms with van der Waals surface area (Å²) in [4.78, 5) is 179. The quantitative estimate of drug-likeness (QED) is 0.00996. The van der Waals surface area contributed by atoms with Gasteiger partial charge in [0.2, 0.25) is 35.4 Å². The van der Waals surface area contributed by atoms with E-state index in [0.717, 1.165) is 0 Å². The molecule has 4 bridgehead atoms. The molecule has 2 aromatic carbocycles. The first-order valence-electron chi connectivity index (χ1n) is 44.7. The summed E-state index contributed by atoms with van der Waals surface area (Å²) in [5.74, 6) is -10.9. The Labute approximate surface area is 776 Å². The lowest BCUT2D eigenvalue weighted by Crippen LogP contribution is -2.62. The number of ketones is 2. The number of Topliss-reactive ketones (excluding diaryl/α,β-unsaturated/α-hetero) is 2. The molecule has 4 aromatic rings. The van der Waals surface area contributed by atoms with Crippen LogP contribution in [0.1, 0.15) is 158 Å². The van der Waals surface area contributed by atoms with Gasteiger partial charge in [-0.05, 0) is 169 Å². The molecule has 16 atom stereocenters. The maximum Gasteiger partial charge on any atom is 0.340 e. The van der Waals surface area contributed by atoms with E-state index in [0.29, 0.717) is 65.9 Å². The predicted octanol–water partition coefficient (Wildman–Crippen LogP) is 7.62. The molecule has 8 amide bonds. The maximum atomic E-state index is 14.3. The predicted molar refractivity (Wildman–Crippen MR) is 496 cm³/mol. The fourth-order valence-electron chi connectivity index (χ4n) is 14.6. The maximum absolute atomic E-state index is 14.3. The molecule has 0 saturated carbocycles. The van der Waals surface area contributed by atoms with Crippen LogP contribution in [0, 0.1) is 35.5 Å². The molecule has 2 fully saturated rings. The van der Waals surface area contributed by atoms with Crippen LogP contribution in [0.5, 0.6) is 11.5 Å². The molecule has 6 heterocycles. The molecule has 4 aliphatic rings. The Hall–Kier alpha value is -11.9. The number of carbonyl (C=O) groups is 13. The van der Waals surface area contributed by atoms with E-state index in [4.69, 9.17) is 18.5 Å². The van der Waals surface area contributed by atoms with Crippen LogP contribution in [0.3, 0.4) is 0 Å². The van der Waals surface area contributed by atoms with Crippen molar-refractivity contribution in [1.82, 2.24) is 52.1 Å². The summed E-state index contributed by atoms with van der Waals surface area (Å²) in [6.45, 7) is 20.3. The molecule has 133 heavy (non-hydrogen) atoms. The molecule has 0 radical (unpaired) electrons. The van der Waals surface area contributed by atoms with Crippen LogP contribution >= 0.6 is 7.60 Å². The number of hydrogen-bond donors (Lipinski definition) is 14. The average molecular weight is 1870 g/mol. The fraction of sp³-hybridized carbons (Fsp3) is 0.490. The number of nitrogens with zero attached hydrogens (tertiary/aromatic N) is 4. The number of aliphatic hydroxyl groups excluding tert-OH is 4. The molecule has 14 N–H and O–H groups in total. The molecular formula is C96H131N12O24P. The number of aromatic hydroxyl groups is 2. The van der Waals surface area contributed by atoms with Crippen molar-refractivity contribution in [2.45, 2.75) is 233 Å². The molecule has 0 aliphatic carbocycles. The largest absolute Gasteiger partial charge is 0.508 e. The number of amides is 8. The lowest BCUT2D eigenvalue weighted by molar-refractivity contribution is -0.157. The zero-order chi connectivity index (χ0) is 98.0. The number of aromatic nitrogens is 2. The van der Waals surface area contributed by atoms with E-state index in [-0.39, 0.29) is 107 Å². The molecule has 2 saturated heterocycles. The van der Waals surface area contributed by atoms with E-state index < -0.39 is 175 Å². The standard InChI is InChI=1S/C46H60N6O10.C39H54N4O10.C11H17N2O4P/c1-28(2)41-44(59)48-36(27-32-15-12-16-33(54)26-32)45(60)52-25-13-17-35(51-52)46(61)62-38(29(3)14-11-21-40(56)49-39-20-9-10-24-47-39)19-8-6-7-18-37(55)31(5)42(57)34(43(58)50-41)23-22-30(4)53;1-23(2)34-37(50)40-31(22-27-11-9-12-28(46)21-27)38(51)43-19-10-13-30(42-43)39(52)53-33(24(3)18-20-44)15-8-6-7-14-32(47)26(5)35(48)29(36(49)41-34)17-16-25(4)45;1-3-16-18(15,17-4-2)9-11(14)13-10-7-5-6-8-12-10/h6-12,14-16,18,20-21,24,26,28,31,34-38,41-42,51,54-55,57H,13,17,19,22-23,25,27H2,1-5H3,(H,48,59)(H,50,58)(H,47,49,56);6-9,11-12,14,18,20-21,23,26,29-35,42,46-48H,10,13,15-17,19,22H2,1-5H3,(H,40,50)(H,41,49);5-8H,3-4,9H2,1-2H3,(H,12,13,14)/b8-6+,18-7+,21-11+,29-14+;8-6+,14-7+,24-18+;/t31-,34+,35?,36-,37-,38-,41-,42+;26-,29+,30?,31-,32-,33-,34-,35+;/m00./s1. The van der Waals surface area contributed by atoms with Gasteiger partial charge in [-0.15, -0.1) is 0 Å². The van der Waals surface area contributed by atoms with Crippen LogP contribution in [-0.2, 0) is 98.3 Å². The number of pyridine rings is 2. The highest BCUT2D eigenvalue weighted by Crippen LogP contribution is 2.48. The van der Waals surface area contributed by atoms with Crippen molar-refractivity contribution in [2.75, 3.05) is 43.1 Å². The highest BCUT2D eigenvalue weighted by Gasteiger charge is 2.43. The van der Waals surface area contributed by atoms with Crippen LogP contribution < -0.4 is 42.8 Å². The van der Waals surface area contributed by atoms with E-state index in [1.54, 1.807) is 185 Å². The highest BCUT2D eigenvalue weighted by molar-refractivity contribution is 7.54. The topological polar surface area (TPSA) is 526 Å². The van der Waals surface area contributed by atoms with Crippen molar-refractivity contribution in [3.05, 3.63) is 193 Å². The number of nitrogens with one attached hydrogen (secondary N) is 8. The number of anilines is 2. The SMILES string of the molecule is CC(=O)CC[C@H]1C(=O)N[C@@H](C(C)C)C(=O)N[C@@H](Cc2cccc(O)c2)C(=O)N2CCCC(N2)C(=O)O[C@H](/C(C)=C/C=C/C(=O)Nc2ccccn2)C/C=C/C=C/[C@H](O)[C@H](C)[C@H]1O.CC(=O)CC[C@H]1C(=O)N[C@@H](C(C)C)C(=O)N[C@@H](Cc2cccc(O)c2)C(=O)N2CCCC(N2)C(=O)O[C@H](/C(C)=C/C=O)C/C=C/C=C/[C@H](O)[C@H](C)[C@H]1O.CCOP(=O)(CC(=O)Nc1ccccn1)OCC. The van der Waals surface area contributed by atoms with Crippen LogP contribution in [0.15, 0.2) is 181 Å². The number of fused-ring (bicyclic) bond motifs is 4. The van der Waals surface area contributed by atoms with E-state index in [1.165, 1.54) is 78.5 Å². The second kappa shape index (κ2) is 56.2. The molecule has 4 aliphatic heterocycles. The summed E-state index contributed by atoms with van der Waals surface area (Å²) in [5, 5.41) is 84.0. The van der Waals surface area contributed by atoms with Gasteiger partial charge in [0.1, 0.15) is 95.6 Å². The summed E-state index contributed by atoms with van der Waals surface area (Å²) in [6, 6.07) is 16.0. The molecule has 37 heteroatoms. The molecule has 2 aromatic heterocycles. The summed E-state index contributed by atoms with van der Waals surface area (Å²) >= 11 is 0. The van der Waals surface area contributed by atoms with Crippen LogP contribution in [0.25, 0.3) is 0 Å². The van der Waals surface area contributed by atoms with E-state index in [2.05, 4.69) is 52.7 Å². The highest BCUT2D eigenvalue weighted by atomic mass is 31.2. The van der Waals surface area contributed by atoms with Crippen molar-refractivity contribution < 1.29 is 116 Å². The number of allylic oxidation sites excluding steroid dienone is 7. The number of ether oxygens (including phenoxy) is 2. The number of benzene rings is 2. The van der Waals surface area contributed by atoms with Gasteiger partial charge in [-0.1, -0.05) is 139 Å². The number of cyclic esters (lactones) is 2. The van der Waals surface area contributed by atoms with E-state index in [1.807, 2.05) is 0 Å². The van der Waals surface area contributed by atoms with Gasteiger partial charge in [0, 0.05) is 81.9 Å². The number of esters is 2. The van der Waals surface area contributed by atoms with Crippen molar-refractivity contribution in [3.63, 3.8) is 0 Å². The van der Waals surface area contributed by atoms with Crippen molar-refractivity contribution in [3.8, 4) is 11.5 Å². The number of aliphatic hydroxyl groups is 4. The zero-order valence-corrected chi connectivity index (χ0v) is 78.3. The van der Waals surface area contributed by atoms with Gasteiger partial charge in [-0.2, -0.15) is 0 Å². The minimum absolute atomic E-state index is 0.0247. The Kier molecular flexibility index (Phi) is 46.5. The first-order valence-corrected chi connectivity index (χ1v) is 46.5. The molecule has 0 spiro atoms. The number of phenolic OH excluding ortho intramolecular Hbond substituents is 2. The zero-order valence-electron chi connectivity index (χ0n) is 77.4. The van der Waals surface area contributed by atoms with Gasteiger partial charge in [0.25, 0.3) is 11.8 Å². The molecule has 724 valence electrons. The second-order valence-electron chi connectivity index (χ2n) is 33.7. The van der Waals surface area contributed by atoms with Gasteiger partial charge in [-0.3, -0.25) is 67.3 Å². The first kappa shape index (κ1) is 110. The number of aldehydes is 1. The Bertz CT molecular complexity index is 4820. The first-order chi connectivity index (χ1) is 63.2. The Morgan fingerprint density at radius 2 is 0.985 bits per heavy atom. The lowest BCUT2D eigenvalue weighted by atomic mass is 9.84. The average Bonchev–Trinajstić information content (AvgIpc) is 0.830. The minimum atomic E-state index is -3.35. The second-order valence-corrected chi connectivity index (χ2v) is 35.7. The van der Waals surface area contributed by atoms with Gasteiger partial charge >= 0.3 is 19.5 Å². The number of hydrazine groups is 2. The fourth-order valence-corrected chi connectivity index (χ4v) is 16.1. The third-order valence-corrected chi connectivity index (χ3v) is 24.3. The lowest BCUT2D eigenvalue weighted by Gasteiger charge is -2.36. The van der Waals surface area contributed by atoms with Crippen LogP contribution in [0.2, 0.25) is 0 Å². The van der Waals surface area contributed by atoms with Gasteiger partial charge in [0.05, 0.1) is 49.5 Å². The van der Waals surface area contributed by atoms with Crippen LogP contribution in [-0.4, -0.2) is 233 Å². The molecule has 2 unspecified atom stereocenters. The van der Waals surface area contributed by atoms with Crippen molar-refractivity contribution >= 4 is 96.3 Å². The summed E-state index contributed by atoms with van der Waals surface area (Å²) in [5.41, 5.74) is 8.07. The molecule has 36 nitrogen and oxygen atoms in total. The number of hydrogen-bond acceptors (Lipinski definition) is 28. The number of carbonyl (C=O) groups excluding carboxylic acids is 13. The van der Waals surface area contributed by atoms with Crippen molar-refractivity contribution in [2.24, 2.45) is 35.5 Å². The summed E-state index contributed by atoms with van der Waals surface area (Å²) in [6.07, 6.45) is 16.5. The number of rotatable bonds is 25. The third-order valence-electron chi connectivity index (χ3n) is 22.3. The van der Waals surface area contributed by atoms with Crippen LogP contribution in [0.4, 0.5) is 11.6 Å². The van der Waals surface area contributed by atoms with E-state index in [9.17, 15) is 97.5 Å². The number of phenols is 2. The molecular weight excluding hydrogens is 1740 g/mol. The summed E-state index contributed by atoms with van der Waals surface area (Å²) < 4.78 is 34.0. The Morgan fingerprint density at radius 1 is 0.564 bits per heavy atom.